The first kappa shape index (κ1) is 28.3. The highest BCUT2D eigenvalue weighted by atomic mass is 35.5. The lowest BCUT2D eigenvalue weighted by atomic mass is 9.91. The van der Waals surface area contributed by atoms with Crippen LogP contribution in [0.25, 0.3) is 5.70 Å². The van der Waals surface area contributed by atoms with Crippen LogP contribution < -0.4 is 10.6 Å². The van der Waals surface area contributed by atoms with E-state index in [2.05, 4.69) is 10.6 Å². The molecule has 0 saturated carbocycles. The number of ether oxygens (including phenoxy) is 1. The molecule has 206 valence electrons. The van der Waals surface area contributed by atoms with E-state index in [9.17, 15) is 24.5 Å². The van der Waals surface area contributed by atoms with Crippen LogP contribution in [0.15, 0.2) is 78.4 Å². The molecule has 1 atom stereocenters. The molecule has 1 aliphatic rings. The average molecular weight is 563 g/mol. The molecule has 1 heterocycles. The standard InChI is InChI=1S/C29H27ClN4O6/c1-3-15-33-26(18-9-6-5-7-10-18)24(28(36)40-4-2)25(32-29(33)37)19-11-8-12-21(16-19)31-27(35)20-13-14-22(30)23(17-20)34(38)39/h5-14,16-17,25H,3-4,15H2,1-2H3,(H,31,35)(H,32,37). The number of carbonyl (C=O) groups excluding carboxylic acids is 3. The SMILES string of the molecule is CCCN1C(=O)NC(c2cccc(NC(=O)c3ccc(Cl)c([N+](=O)[O-])c3)c2)C(C(=O)OCC)=C1c1ccccc1. The average Bonchev–Trinajstić information content (AvgIpc) is 2.94. The van der Waals surface area contributed by atoms with Gasteiger partial charge in [0.2, 0.25) is 0 Å². The Hall–Kier alpha value is -4.70. The number of nitro groups is 1. The van der Waals surface area contributed by atoms with Crippen molar-refractivity contribution >= 4 is 46.6 Å². The largest absolute Gasteiger partial charge is 0.463 e. The fraction of sp³-hybridized carbons (Fsp3) is 0.207. The highest BCUT2D eigenvalue weighted by Gasteiger charge is 2.38. The number of carbonyl (C=O) groups is 3. The predicted octanol–water partition coefficient (Wildman–Crippen LogP) is 5.95. The summed E-state index contributed by atoms with van der Waals surface area (Å²) in [4.78, 5) is 51.7. The van der Waals surface area contributed by atoms with E-state index in [1.807, 2.05) is 37.3 Å². The van der Waals surface area contributed by atoms with E-state index in [0.717, 1.165) is 6.07 Å². The van der Waals surface area contributed by atoms with Crippen molar-refractivity contribution in [1.29, 1.82) is 0 Å². The van der Waals surface area contributed by atoms with Gasteiger partial charge in [-0.1, -0.05) is 61.0 Å². The van der Waals surface area contributed by atoms with Gasteiger partial charge < -0.3 is 15.4 Å². The van der Waals surface area contributed by atoms with E-state index in [4.69, 9.17) is 16.3 Å². The van der Waals surface area contributed by atoms with Crippen molar-refractivity contribution < 1.29 is 24.0 Å². The van der Waals surface area contributed by atoms with Gasteiger partial charge in [0.05, 0.1) is 28.8 Å². The number of halogens is 1. The maximum Gasteiger partial charge on any atom is 0.338 e. The molecule has 1 unspecified atom stereocenters. The maximum atomic E-state index is 13.4. The molecule has 0 saturated heterocycles. The predicted molar refractivity (Wildman–Crippen MR) is 151 cm³/mol. The summed E-state index contributed by atoms with van der Waals surface area (Å²) in [6.07, 6.45) is 0.662. The highest BCUT2D eigenvalue weighted by Crippen LogP contribution is 2.37. The van der Waals surface area contributed by atoms with E-state index in [-0.39, 0.29) is 34.5 Å². The molecule has 0 fully saturated rings. The lowest BCUT2D eigenvalue weighted by Gasteiger charge is -2.37. The van der Waals surface area contributed by atoms with Gasteiger partial charge >= 0.3 is 12.0 Å². The lowest BCUT2D eigenvalue weighted by Crippen LogP contribution is -2.48. The summed E-state index contributed by atoms with van der Waals surface area (Å²) >= 11 is 5.87. The number of rotatable bonds is 9. The quantitative estimate of drug-likeness (QED) is 0.188. The molecule has 0 aliphatic carbocycles. The van der Waals surface area contributed by atoms with Crippen molar-refractivity contribution in [3.63, 3.8) is 0 Å². The summed E-state index contributed by atoms with van der Waals surface area (Å²) in [5.74, 6) is -1.17. The molecule has 3 amide bonds. The molecule has 0 aromatic heterocycles. The van der Waals surface area contributed by atoms with Gasteiger partial charge in [0, 0.05) is 23.9 Å². The molecule has 10 nitrogen and oxygen atoms in total. The van der Waals surface area contributed by atoms with Crippen LogP contribution in [-0.4, -0.2) is 40.9 Å². The third-order valence-corrected chi connectivity index (χ3v) is 6.52. The molecule has 11 heteroatoms. The summed E-state index contributed by atoms with van der Waals surface area (Å²) in [5.41, 5.74) is 1.95. The molecule has 3 aromatic rings. The van der Waals surface area contributed by atoms with Crippen LogP contribution in [0, 0.1) is 10.1 Å². The fourth-order valence-corrected chi connectivity index (χ4v) is 4.65. The van der Waals surface area contributed by atoms with Gasteiger partial charge in [-0.2, -0.15) is 0 Å². The summed E-state index contributed by atoms with van der Waals surface area (Å²) in [6.45, 7) is 4.17. The maximum absolute atomic E-state index is 13.4. The van der Waals surface area contributed by atoms with Crippen LogP contribution in [0.2, 0.25) is 5.02 Å². The number of anilines is 1. The minimum Gasteiger partial charge on any atom is -0.463 e. The van der Waals surface area contributed by atoms with E-state index in [0.29, 0.717) is 35.5 Å². The van der Waals surface area contributed by atoms with Gasteiger partial charge in [0.1, 0.15) is 5.02 Å². The Kier molecular flexibility index (Phi) is 8.80. The minimum atomic E-state index is -0.872. The number of nitrogens with one attached hydrogen (secondary N) is 2. The number of esters is 1. The first-order chi connectivity index (χ1) is 19.2. The molecule has 0 radical (unpaired) electrons. The smallest absolute Gasteiger partial charge is 0.338 e. The zero-order chi connectivity index (χ0) is 28.8. The van der Waals surface area contributed by atoms with Crippen LogP contribution in [0.3, 0.4) is 0 Å². The van der Waals surface area contributed by atoms with Crippen molar-refractivity contribution in [3.05, 3.63) is 110 Å². The van der Waals surface area contributed by atoms with Crippen molar-refractivity contribution in [1.82, 2.24) is 10.2 Å². The topological polar surface area (TPSA) is 131 Å². The van der Waals surface area contributed by atoms with Gasteiger partial charge in [-0.15, -0.1) is 0 Å². The van der Waals surface area contributed by atoms with Crippen molar-refractivity contribution in [2.24, 2.45) is 0 Å². The summed E-state index contributed by atoms with van der Waals surface area (Å²) < 4.78 is 5.43. The van der Waals surface area contributed by atoms with Gasteiger partial charge in [-0.05, 0) is 48.7 Å². The molecule has 0 bridgehead atoms. The van der Waals surface area contributed by atoms with Crippen molar-refractivity contribution in [2.45, 2.75) is 26.3 Å². The van der Waals surface area contributed by atoms with Crippen molar-refractivity contribution in [3.8, 4) is 0 Å². The number of urea groups is 1. The molecule has 1 aliphatic heterocycles. The Morgan fingerprint density at radius 2 is 1.82 bits per heavy atom. The molecule has 40 heavy (non-hydrogen) atoms. The molecular weight excluding hydrogens is 536 g/mol. The Labute approximate surface area is 235 Å². The van der Waals surface area contributed by atoms with E-state index >= 15 is 0 Å². The first-order valence-corrected chi connectivity index (χ1v) is 13.0. The number of benzene rings is 3. The molecule has 0 spiro atoms. The van der Waals surface area contributed by atoms with Crippen LogP contribution >= 0.6 is 11.6 Å². The van der Waals surface area contributed by atoms with E-state index < -0.39 is 22.8 Å². The minimum absolute atomic E-state index is 0.0427. The Bertz CT molecular complexity index is 1490. The summed E-state index contributed by atoms with van der Waals surface area (Å²) in [7, 11) is 0. The van der Waals surface area contributed by atoms with Gasteiger partial charge in [0.15, 0.2) is 0 Å². The fourth-order valence-electron chi connectivity index (χ4n) is 4.47. The second-order valence-corrected chi connectivity index (χ2v) is 9.29. The normalized spacial score (nSPS) is 14.9. The third kappa shape index (κ3) is 5.97. The summed E-state index contributed by atoms with van der Waals surface area (Å²) in [6, 6.07) is 18.3. The summed E-state index contributed by atoms with van der Waals surface area (Å²) in [5, 5.41) is 16.8. The lowest BCUT2D eigenvalue weighted by molar-refractivity contribution is -0.384. The molecule has 4 rings (SSSR count). The van der Waals surface area contributed by atoms with Gasteiger partial charge in [-0.3, -0.25) is 19.8 Å². The second kappa shape index (κ2) is 12.4. The van der Waals surface area contributed by atoms with Crippen LogP contribution in [0.4, 0.5) is 16.2 Å². The van der Waals surface area contributed by atoms with Crippen molar-refractivity contribution in [2.75, 3.05) is 18.5 Å². The molecule has 2 N–H and O–H groups in total. The van der Waals surface area contributed by atoms with Crippen LogP contribution in [0.5, 0.6) is 0 Å². The van der Waals surface area contributed by atoms with Crippen LogP contribution in [-0.2, 0) is 9.53 Å². The van der Waals surface area contributed by atoms with Gasteiger partial charge in [0.25, 0.3) is 11.6 Å². The van der Waals surface area contributed by atoms with E-state index in [1.165, 1.54) is 17.0 Å². The van der Waals surface area contributed by atoms with E-state index in [1.54, 1.807) is 31.2 Å². The monoisotopic (exact) mass is 562 g/mol. The highest BCUT2D eigenvalue weighted by molar-refractivity contribution is 6.32. The number of nitrogens with zero attached hydrogens (tertiary/aromatic N) is 2. The molecule has 3 aromatic carbocycles. The Balaban J connectivity index is 1.76. The number of nitro benzene ring substituents is 1. The second-order valence-electron chi connectivity index (χ2n) is 8.89. The zero-order valence-corrected chi connectivity index (χ0v) is 22.6. The van der Waals surface area contributed by atoms with Crippen LogP contribution in [0.1, 0.15) is 47.8 Å². The van der Waals surface area contributed by atoms with Gasteiger partial charge in [-0.25, -0.2) is 9.59 Å². The molecular formula is C29H27ClN4O6. The first-order valence-electron chi connectivity index (χ1n) is 12.6. The number of hydrogen-bond donors (Lipinski definition) is 2. The zero-order valence-electron chi connectivity index (χ0n) is 21.8. The third-order valence-electron chi connectivity index (χ3n) is 6.20. The Morgan fingerprint density at radius 3 is 2.50 bits per heavy atom. The number of amides is 3. The Morgan fingerprint density at radius 1 is 1.07 bits per heavy atom. The number of hydrogen-bond acceptors (Lipinski definition) is 6.